The molecular weight excluding hydrogens is 599 g/mol. The zero-order valence-corrected chi connectivity index (χ0v) is 24.8. The number of nitro benzene ring substituents is 1. The van der Waals surface area contributed by atoms with Crippen molar-refractivity contribution in [2.75, 3.05) is 6.61 Å². The van der Waals surface area contributed by atoms with E-state index in [0.717, 1.165) is 11.3 Å². The highest BCUT2D eigenvalue weighted by molar-refractivity contribution is 7.99. The van der Waals surface area contributed by atoms with Gasteiger partial charge in [-0.15, -0.1) is 0 Å². The Morgan fingerprint density at radius 3 is 2.43 bits per heavy atom. The number of esters is 1. The first-order valence-electron chi connectivity index (χ1n) is 13.5. The van der Waals surface area contributed by atoms with Crippen molar-refractivity contribution < 1.29 is 14.5 Å². The van der Waals surface area contributed by atoms with Gasteiger partial charge in [-0.3, -0.25) is 19.5 Å². The molecule has 12 heteroatoms. The summed E-state index contributed by atoms with van der Waals surface area (Å²) >= 11 is 2.37. The fraction of sp³-hybridized carbons (Fsp3) is 0.0938. The first-order chi connectivity index (χ1) is 21.4. The number of aromatic nitrogens is 3. The Hall–Kier alpha value is -5.20. The van der Waals surface area contributed by atoms with Crippen LogP contribution in [0.2, 0.25) is 0 Å². The standard InChI is InChI=1S/C32H23N5O5S2/c1-2-42-30(39)26-27(20-10-5-3-6-11-20)35-32-36(28(26)21-12-7-4-8-13-21)29(38)25(44-32)19-22-18-23(37(40)41)14-15-24(22)43-31-33-16-9-17-34-31/h3-19,28H,2H2,1H3/b25-19+/t28-/m1/s1. The van der Waals surface area contributed by atoms with Gasteiger partial charge in [0.1, 0.15) is 0 Å². The van der Waals surface area contributed by atoms with Gasteiger partial charge < -0.3 is 4.74 Å². The van der Waals surface area contributed by atoms with Gasteiger partial charge in [0.15, 0.2) is 9.96 Å². The third-order valence-corrected chi connectivity index (χ3v) is 8.69. The lowest BCUT2D eigenvalue weighted by Crippen LogP contribution is -2.40. The Labute approximate surface area is 258 Å². The van der Waals surface area contributed by atoms with Gasteiger partial charge in [0.25, 0.3) is 11.2 Å². The fourth-order valence-electron chi connectivity index (χ4n) is 4.82. The van der Waals surface area contributed by atoms with Crippen LogP contribution in [0.15, 0.2) is 123 Å². The van der Waals surface area contributed by atoms with E-state index in [2.05, 4.69) is 9.97 Å². The largest absolute Gasteiger partial charge is 0.463 e. The van der Waals surface area contributed by atoms with Gasteiger partial charge >= 0.3 is 5.97 Å². The van der Waals surface area contributed by atoms with Crippen LogP contribution in [0.3, 0.4) is 0 Å². The Morgan fingerprint density at radius 2 is 1.75 bits per heavy atom. The summed E-state index contributed by atoms with van der Waals surface area (Å²) in [6.07, 6.45) is 4.82. The van der Waals surface area contributed by atoms with E-state index in [1.807, 2.05) is 60.7 Å². The minimum absolute atomic E-state index is 0.125. The van der Waals surface area contributed by atoms with Gasteiger partial charge in [-0.2, -0.15) is 0 Å². The lowest BCUT2D eigenvalue weighted by Gasteiger charge is -2.25. The Balaban J connectivity index is 1.60. The van der Waals surface area contributed by atoms with Gasteiger partial charge in [0.2, 0.25) is 0 Å². The molecule has 10 nitrogen and oxygen atoms in total. The van der Waals surface area contributed by atoms with Crippen LogP contribution in [0.25, 0.3) is 11.8 Å². The summed E-state index contributed by atoms with van der Waals surface area (Å²) in [5.41, 5.74) is 2.00. The highest BCUT2D eigenvalue weighted by atomic mass is 32.2. The number of carbonyl (C=O) groups excluding carboxylic acids is 1. The van der Waals surface area contributed by atoms with Crippen LogP contribution in [0.5, 0.6) is 0 Å². The third-order valence-electron chi connectivity index (χ3n) is 6.72. The maximum atomic E-state index is 14.2. The minimum Gasteiger partial charge on any atom is -0.463 e. The van der Waals surface area contributed by atoms with Crippen molar-refractivity contribution in [3.05, 3.63) is 149 Å². The number of carbonyl (C=O) groups is 1. The number of non-ortho nitro benzene ring substituents is 1. The second-order valence-corrected chi connectivity index (χ2v) is 11.5. The molecule has 44 heavy (non-hydrogen) atoms. The average molecular weight is 622 g/mol. The van der Waals surface area contributed by atoms with Crippen molar-refractivity contribution in [3.63, 3.8) is 0 Å². The van der Waals surface area contributed by atoms with Crippen molar-refractivity contribution in [2.45, 2.75) is 23.0 Å². The van der Waals surface area contributed by atoms with E-state index in [-0.39, 0.29) is 17.9 Å². The van der Waals surface area contributed by atoms with E-state index in [1.54, 1.807) is 37.5 Å². The molecule has 0 saturated heterocycles. The molecular formula is C32H23N5O5S2. The summed E-state index contributed by atoms with van der Waals surface area (Å²) in [6.45, 7) is 1.87. The smallest absolute Gasteiger partial charge is 0.338 e. The van der Waals surface area contributed by atoms with Gasteiger partial charge in [0, 0.05) is 35.0 Å². The lowest BCUT2D eigenvalue weighted by atomic mass is 9.93. The first-order valence-corrected chi connectivity index (χ1v) is 15.1. The minimum atomic E-state index is -0.819. The number of benzene rings is 3. The molecule has 1 atom stereocenters. The van der Waals surface area contributed by atoms with Crippen LogP contribution in [0.1, 0.15) is 29.7 Å². The topological polar surface area (TPSA) is 130 Å². The fourth-order valence-corrected chi connectivity index (χ4v) is 6.61. The normalized spacial score (nSPS) is 14.6. The van der Waals surface area contributed by atoms with Crippen LogP contribution < -0.4 is 14.9 Å². The second kappa shape index (κ2) is 12.6. The van der Waals surface area contributed by atoms with E-state index < -0.39 is 22.5 Å². The molecule has 5 aromatic rings. The van der Waals surface area contributed by atoms with Gasteiger partial charge in [0.05, 0.1) is 33.4 Å². The lowest BCUT2D eigenvalue weighted by molar-refractivity contribution is -0.384. The molecule has 0 radical (unpaired) electrons. The summed E-state index contributed by atoms with van der Waals surface area (Å²) < 4.78 is 7.28. The molecule has 0 amide bonds. The van der Waals surface area contributed by atoms with Crippen molar-refractivity contribution in [1.82, 2.24) is 14.5 Å². The number of fused-ring (bicyclic) bond motifs is 1. The average Bonchev–Trinajstić information content (AvgIpc) is 3.36. The highest BCUT2D eigenvalue weighted by Gasteiger charge is 2.35. The molecule has 0 N–H and O–H groups in total. The van der Waals surface area contributed by atoms with Crippen molar-refractivity contribution in [3.8, 4) is 0 Å². The van der Waals surface area contributed by atoms with Crippen LogP contribution >= 0.6 is 23.1 Å². The highest BCUT2D eigenvalue weighted by Crippen LogP contribution is 2.35. The van der Waals surface area contributed by atoms with Crippen LogP contribution in [0, 0.1) is 10.1 Å². The van der Waals surface area contributed by atoms with E-state index in [9.17, 15) is 19.7 Å². The molecule has 3 aromatic carbocycles. The van der Waals surface area contributed by atoms with Gasteiger partial charge in [-0.25, -0.2) is 19.8 Å². The van der Waals surface area contributed by atoms with E-state index in [0.29, 0.717) is 41.8 Å². The zero-order chi connectivity index (χ0) is 30.6. The van der Waals surface area contributed by atoms with Crippen LogP contribution in [0.4, 0.5) is 5.69 Å². The molecule has 218 valence electrons. The number of ether oxygens (including phenoxy) is 1. The molecule has 6 rings (SSSR count). The molecule has 0 bridgehead atoms. The second-order valence-electron chi connectivity index (χ2n) is 9.45. The van der Waals surface area contributed by atoms with E-state index >= 15 is 0 Å². The number of nitro groups is 1. The van der Waals surface area contributed by atoms with Crippen molar-refractivity contribution in [2.24, 2.45) is 4.99 Å². The number of thiazole rings is 1. The van der Waals surface area contributed by atoms with Crippen LogP contribution in [-0.4, -0.2) is 32.0 Å². The molecule has 3 heterocycles. The number of hydrogen-bond donors (Lipinski definition) is 0. The maximum absolute atomic E-state index is 14.2. The molecule has 0 unspecified atom stereocenters. The number of hydrogen-bond acceptors (Lipinski definition) is 10. The maximum Gasteiger partial charge on any atom is 0.338 e. The first kappa shape index (κ1) is 28.9. The predicted molar refractivity (Wildman–Crippen MR) is 167 cm³/mol. The Morgan fingerprint density at radius 1 is 1.05 bits per heavy atom. The number of rotatable bonds is 8. The van der Waals surface area contributed by atoms with Crippen LogP contribution in [-0.2, 0) is 9.53 Å². The van der Waals surface area contributed by atoms with Gasteiger partial charge in [-0.1, -0.05) is 72.0 Å². The third kappa shape index (κ3) is 5.72. The molecule has 2 aromatic heterocycles. The summed E-state index contributed by atoms with van der Waals surface area (Å²) in [5.74, 6) is -0.571. The molecule has 0 saturated carbocycles. The number of nitrogens with zero attached hydrogens (tertiary/aromatic N) is 5. The molecule has 0 aliphatic carbocycles. The molecule has 0 spiro atoms. The van der Waals surface area contributed by atoms with E-state index in [1.165, 1.54) is 28.5 Å². The van der Waals surface area contributed by atoms with E-state index in [4.69, 9.17) is 9.73 Å². The monoisotopic (exact) mass is 621 g/mol. The summed E-state index contributed by atoms with van der Waals surface area (Å²) in [7, 11) is 0. The molecule has 1 aliphatic rings. The summed E-state index contributed by atoms with van der Waals surface area (Å²) in [6, 6.07) is 23.8. The van der Waals surface area contributed by atoms with Crippen molar-refractivity contribution >= 4 is 46.5 Å². The quantitative estimate of drug-likeness (QED) is 0.105. The Kier molecular flexibility index (Phi) is 8.26. The SMILES string of the molecule is CCOC(=O)C1=C(c2ccccc2)N=c2s/c(=C/c3cc([N+](=O)[O-])ccc3Sc3ncccn3)c(=O)n2[C@@H]1c1ccccc1. The predicted octanol–water partition coefficient (Wildman–Crippen LogP) is 4.79. The van der Waals surface area contributed by atoms with Gasteiger partial charge in [-0.05, 0) is 48.0 Å². The van der Waals surface area contributed by atoms with Crippen molar-refractivity contribution in [1.29, 1.82) is 0 Å². The Bertz CT molecular complexity index is 2080. The summed E-state index contributed by atoms with van der Waals surface area (Å²) in [4.78, 5) is 53.3. The molecule has 1 aliphatic heterocycles. The molecule has 0 fully saturated rings. The summed E-state index contributed by atoms with van der Waals surface area (Å²) in [5, 5.41) is 12.1. The zero-order valence-electron chi connectivity index (χ0n) is 23.2.